The molecular weight excluding hydrogens is 532 g/mol. The van der Waals surface area contributed by atoms with E-state index in [0.29, 0.717) is 52.9 Å². The molecule has 3 aromatic rings. The number of hydrogen-bond donors (Lipinski definition) is 0. The Hall–Kier alpha value is -1.85. The predicted molar refractivity (Wildman–Crippen MR) is 158 cm³/mol. The Morgan fingerprint density at radius 2 is 1.49 bits per heavy atom. The molecule has 0 spiro atoms. The predicted octanol–water partition coefficient (Wildman–Crippen LogP) is 10.5. The van der Waals surface area contributed by atoms with E-state index in [1.165, 1.54) is 37.4 Å². The van der Waals surface area contributed by atoms with Gasteiger partial charge in [0.05, 0.1) is 5.52 Å². The Balaban J connectivity index is 1.68. The first kappa shape index (κ1) is 28.7. The van der Waals surface area contributed by atoms with E-state index in [1.807, 2.05) is 6.07 Å². The summed E-state index contributed by atoms with van der Waals surface area (Å²) >= 11 is 12.1. The van der Waals surface area contributed by atoms with E-state index in [4.69, 9.17) is 27.9 Å². The molecule has 6 atom stereocenters. The molecule has 1 aromatic carbocycles. The number of hydrogen-bond acceptors (Lipinski definition) is 3. The molecule has 0 bridgehead atoms. The van der Waals surface area contributed by atoms with E-state index in [1.54, 1.807) is 6.07 Å². The summed E-state index contributed by atoms with van der Waals surface area (Å²) in [5.41, 5.74) is 2.27. The van der Waals surface area contributed by atoms with Crippen LogP contribution >= 0.6 is 23.2 Å². The van der Waals surface area contributed by atoms with Crippen LogP contribution in [0.5, 0.6) is 11.8 Å². The third-order valence-corrected chi connectivity index (χ3v) is 9.90. The fraction of sp³-hybridized carbons (Fsp3) is 0.625. The molecule has 2 heterocycles. The smallest absolute Gasteiger partial charge is 0.324 e. The maximum Gasteiger partial charge on any atom is 0.324 e. The molecule has 7 heteroatoms. The molecular formula is C32H42Cl2FN3O. The van der Waals surface area contributed by atoms with Gasteiger partial charge in [-0.1, -0.05) is 77.6 Å². The topological polar surface area (TPSA) is 39.9 Å². The van der Waals surface area contributed by atoms with Crippen LogP contribution in [0.1, 0.15) is 97.7 Å². The third-order valence-electron chi connectivity index (χ3n) is 9.52. The van der Waals surface area contributed by atoms with Crippen LogP contribution in [0.3, 0.4) is 0 Å². The van der Waals surface area contributed by atoms with E-state index < -0.39 is 0 Å². The molecule has 2 aliphatic rings. The minimum absolute atomic E-state index is 0.0626. The standard InChI is InChI=1S/C32H42Cl2FN3O/c1-17(2)21-9-7-19(5)13-23(21)27-15-24-25(38(27)26-14-20(6)8-10-22(26)18(3)4)11-12-28(31(24)35)39-32-36-29(33)16-30(34)37-32/h11-12,15-23,26H,7-10,13-14H2,1-6H3. The fourth-order valence-electron chi connectivity index (χ4n) is 7.51. The molecule has 4 nitrogen and oxygen atoms in total. The van der Waals surface area contributed by atoms with Crippen molar-refractivity contribution in [1.82, 2.24) is 14.5 Å². The Labute approximate surface area is 242 Å². The molecule has 0 N–H and O–H groups in total. The van der Waals surface area contributed by atoms with Gasteiger partial charge in [0.15, 0.2) is 11.6 Å². The van der Waals surface area contributed by atoms with E-state index in [9.17, 15) is 0 Å². The second-order valence-corrected chi connectivity index (χ2v) is 13.7. The van der Waals surface area contributed by atoms with Gasteiger partial charge in [-0.2, -0.15) is 9.97 Å². The molecule has 0 aliphatic heterocycles. The second-order valence-electron chi connectivity index (χ2n) is 13.0. The van der Waals surface area contributed by atoms with Crippen LogP contribution in [0.2, 0.25) is 10.3 Å². The lowest BCUT2D eigenvalue weighted by Gasteiger charge is -2.43. The van der Waals surface area contributed by atoms with Crippen molar-refractivity contribution in [2.45, 2.75) is 92.0 Å². The van der Waals surface area contributed by atoms with Crippen LogP contribution in [0.25, 0.3) is 10.9 Å². The highest BCUT2D eigenvalue weighted by Gasteiger charge is 2.39. The summed E-state index contributed by atoms with van der Waals surface area (Å²) < 4.78 is 24.6. The van der Waals surface area contributed by atoms with Gasteiger partial charge in [0, 0.05) is 29.1 Å². The van der Waals surface area contributed by atoms with Crippen molar-refractivity contribution in [2.75, 3.05) is 0 Å². The summed E-state index contributed by atoms with van der Waals surface area (Å²) in [6.45, 7) is 14.1. The Morgan fingerprint density at radius 1 is 0.872 bits per heavy atom. The van der Waals surface area contributed by atoms with Gasteiger partial charge < -0.3 is 9.30 Å². The lowest BCUT2D eigenvalue weighted by molar-refractivity contribution is 0.139. The average molecular weight is 575 g/mol. The molecule has 0 radical (unpaired) electrons. The first-order valence-corrected chi connectivity index (χ1v) is 15.5. The zero-order chi connectivity index (χ0) is 28.0. The van der Waals surface area contributed by atoms with Gasteiger partial charge in [-0.15, -0.1) is 0 Å². The molecule has 2 aromatic heterocycles. The van der Waals surface area contributed by atoms with Gasteiger partial charge in [-0.05, 0) is 79.4 Å². The molecule has 0 amide bonds. The molecule has 2 saturated carbocycles. The number of halogens is 3. The Morgan fingerprint density at radius 3 is 2.13 bits per heavy atom. The minimum Gasteiger partial charge on any atom is -0.421 e. The molecule has 2 fully saturated rings. The van der Waals surface area contributed by atoms with Crippen molar-refractivity contribution >= 4 is 34.1 Å². The van der Waals surface area contributed by atoms with Gasteiger partial charge >= 0.3 is 6.01 Å². The molecule has 39 heavy (non-hydrogen) atoms. The normalized spacial score (nSPS) is 28.0. The van der Waals surface area contributed by atoms with Crippen molar-refractivity contribution in [3.05, 3.63) is 46.1 Å². The van der Waals surface area contributed by atoms with E-state index in [2.05, 4.69) is 62.1 Å². The van der Waals surface area contributed by atoms with Crippen molar-refractivity contribution < 1.29 is 9.13 Å². The molecule has 6 unspecified atom stereocenters. The molecule has 0 saturated heterocycles. The number of rotatable bonds is 6. The number of nitrogens with zero attached hydrogens (tertiary/aromatic N) is 3. The third kappa shape index (κ3) is 5.81. The van der Waals surface area contributed by atoms with Gasteiger partial charge in [0.25, 0.3) is 0 Å². The first-order valence-electron chi connectivity index (χ1n) is 14.7. The van der Waals surface area contributed by atoms with E-state index >= 15 is 4.39 Å². The average Bonchev–Trinajstić information content (AvgIpc) is 3.25. The zero-order valence-electron chi connectivity index (χ0n) is 24.1. The number of aromatic nitrogens is 3. The summed E-state index contributed by atoms with van der Waals surface area (Å²) in [6, 6.07) is 7.58. The fourth-order valence-corrected chi connectivity index (χ4v) is 7.91. The monoisotopic (exact) mass is 573 g/mol. The summed E-state index contributed by atoms with van der Waals surface area (Å²) in [5.74, 6) is 3.71. The number of ether oxygens (including phenoxy) is 1. The second kappa shape index (κ2) is 11.6. The Kier molecular flexibility index (Phi) is 8.50. The van der Waals surface area contributed by atoms with Crippen LogP contribution in [-0.2, 0) is 0 Å². The number of benzene rings is 1. The first-order chi connectivity index (χ1) is 18.5. The lowest BCUT2D eigenvalue weighted by Crippen LogP contribution is -2.33. The highest BCUT2D eigenvalue weighted by atomic mass is 35.5. The lowest BCUT2D eigenvalue weighted by atomic mass is 9.68. The zero-order valence-corrected chi connectivity index (χ0v) is 25.6. The van der Waals surface area contributed by atoms with Crippen LogP contribution in [0.15, 0.2) is 24.3 Å². The van der Waals surface area contributed by atoms with Crippen LogP contribution in [0, 0.1) is 41.3 Å². The van der Waals surface area contributed by atoms with Gasteiger partial charge in [0.2, 0.25) is 0 Å². The minimum atomic E-state index is -0.387. The van der Waals surface area contributed by atoms with Crippen molar-refractivity contribution in [2.24, 2.45) is 35.5 Å². The van der Waals surface area contributed by atoms with E-state index in [0.717, 1.165) is 18.4 Å². The molecule has 2 aliphatic carbocycles. The highest BCUT2D eigenvalue weighted by Crippen LogP contribution is 2.50. The van der Waals surface area contributed by atoms with Gasteiger partial charge in [-0.25, -0.2) is 4.39 Å². The van der Waals surface area contributed by atoms with E-state index in [-0.39, 0.29) is 27.9 Å². The maximum absolute atomic E-state index is 16.3. The summed E-state index contributed by atoms with van der Waals surface area (Å²) in [5, 5.41) is 0.909. The highest BCUT2D eigenvalue weighted by molar-refractivity contribution is 6.33. The quantitative estimate of drug-likeness (QED) is 0.275. The maximum atomic E-state index is 16.3. The summed E-state index contributed by atoms with van der Waals surface area (Å²) in [4.78, 5) is 8.14. The van der Waals surface area contributed by atoms with Crippen molar-refractivity contribution in [3.8, 4) is 11.8 Å². The van der Waals surface area contributed by atoms with Crippen molar-refractivity contribution in [1.29, 1.82) is 0 Å². The number of fused-ring (bicyclic) bond motifs is 1. The molecule has 212 valence electrons. The van der Waals surface area contributed by atoms with Gasteiger partial charge in [-0.3, -0.25) is 0 Å². The SMILES string of the molecule is CC1CCC(C(C)C)C(c2cc3c(F)c(Oc4nc(Cl)cc(Cl)n4)ccc3n2C2CC(C)CCC2C(C)C)C1. The Bertz CT molecular complexity index is 1300. The largest absolute Gasteiger partial charge is 0.421 e. The van der Waals surface area contributed by atoms with Crippen LogP contribution in [-0.4, -0.2) is 14.5 Å². The molecule has 5 rings (SSSR count). The van der Waals surface area contributed by atoms with Crippen LogP contribution < -0.4 is 4.74 Å². The van der Waals surface area contributed by atoms with Gasteiger partial charge in [0.1, 0.15) is 10.3 Å². The summed E-state index contributed by atoms with van der Waals surface area (Å²) in [6.07, 6.45) is 7.24. The van der Waals surface area contributed by atoms with Crippen molar-refractivity contribution in [3.63, 3.8) is 0 Å². The van der Waals surface area contributed by atoms with Crippen LogP contribution in [0.4, 0.5) is 4.39 Å². The summed E-state index contributed by atoms with van der Waals surface area (Å²) in [7, 11) is 0.